The van der Waals surface area contributed by atoms with E-state index in [-0.39, 0.29) is 6.04 Å². The van der Waals surface area contributed by atoms with Gasteiger partial charge in [-0.2, -0.15) is 5.10 Å². The fourth-order valence-corrected chi connectivity index (χ4v) is 2.69. The maximum Gasteiger partial charge on any atom is 0.0670 e. The molecule has 104 valence electrons. The van der Waals surface area contributed by atoms with Gasteiger partial charge >= 0.3 is 0 Å². The largest absolute Gasteiger partial charge is 0.271 e. The van der Waals surface area contributed by atoms with Gasteiger partial charge in [0.05, 0.1) is 28.9 Å². The minimum Gasteiger partial charge on any atom is -0.271 e. The molecular formula is C12H20N6S. The van der Waals surface area contributed by atoms with Gasteiger partial charge in [0.25, 0.3) is 0 Å². The molecule has 2 rings (SSSR count). The average molecular weight is 280 g/mol. The van der Waals surface area contributed by atoms with Crippen LogP contribution in [0.2, 0.25) is 0 Å². The lowest BCUT2D eigenvalue weighted by molar-refractivity contribution is 0.423. The predicted octanol–water partition coefficient (Wildman–Crippen LogP) is 1.84. The van der Waals surface area contributed by atoms with Gasteiger partial charge in [-0.1, -0.05) is 18.3 Å². The zero-order valence-electron chi connectivity index (χ0n) is 11.3. The van der Waals surface area contributed by atoms with Crippen LogP contribution >= 0.6 is 11.5 Å². The molecule has 0 amide bonds. The van der Waals surface area contributed by atoms with Crippen LogP contribution in [-0.4, -0.2) is 19.4 Å². The molecule has 1 atom stereocenters. The molecule has 0 bridgehead atoms. The average Bonchev–Trinajstić information content (AvgIpc) is 3.09. The second-order valence-electron chi connectivity index (χ2n) is 4.50. The van der Waals surface area contributed by atoms with Crippen LogP contribution in [-0.2, 0) is 6.42 Å². The molecule has 0 radical (unpaired) electrons. The van der Waals surface area contributed by atoms with Crippen LogP contribution < -0.4 is 11.3 Å². The van der Waals surface area contributed by atoms with Crippen molar-refractivity contribution >= 4 is 11.5 Å². The summed E-state index contributed by atoms with van der Waals surface area (Å²) in [6, 6.07) is 2.55. The van der Waals surface area contributed by atoms with E-state index in [0.717, 1.165) is 29.8 Å². The third-order valence-corrected chi connectivity index (χ3v) is 4.09. The first-order valence-electron chi connectivity index (χ1n) is 6.55. The number of nitrogens with two attached hydrogens (primary N) is 1. The number of rotatable bonds is 7. The Labute approximate surface area is 117 Å². The normalized spacial score (nSPS) is 13.1. The molecule has 3 N–H and O–H groups in total. The van der Waals surface area contributed by atoms with Gasteiger partial charge in [0.2, 0.25) is 0 Å². The first kappa shape index (κ1) is 14.1. The molecule has 2 aromatic rings. The van der Waals surface area contributed by atoms with Gasteiger partial charge in [0.15, 0.2) is 0 Å². The summed E-state index contributed by atoms with van der Waals surface area (Å²) in [5, 5.41) is 8.47. The number of nitrogens with zero attached hydrogens (tertiary/aromatic N) is 4. The Kier molecular flexibility index (Phi) is 5.00. The summed E-state index contributed by atoms with van der Waals surface area (Å²) in [6.07, 6.45) is 6.72. The van der Waals surface area contributed by atoms with Crippen LogP contribution in [0.4, 0.5) is 0 Å². The summed E-state index contributed by atoms with van der Waals surface area (Å²) in [5.74, 6) is 5.60. The van der Waals surface area contributed by atoms with Crippen molar-refractivity contribution in [3.63, 3.8) is 0 Å². The standard InChI is InChI=1S/C12H20N6S/c1-3-10(4-2)18-6-5-9(16-18)7-11(15-13)12-8-14-17-19-12/h5-6,8,10-11,15H,3-4,7,13H2,1-2H3. The highest BCUT2D eigenvalue weighted by molar-refractivity contribution is 7.05. The maximum atomic E-state index is 5.60. The highest BCUT2D eigenvalue weighted by Gasteiger charge is 2.15. The number of hydrazine groups is 1. The van der Waals surface area contributed by atoms with E-state index in [1.165, 1.54) is 11.5 Å². The zero-order chi connectivity index (χ0) is 13.7. The van der Waals surface area contributed by atoms with E-state index >= 15 is 0 Å². The highest BCUT2D eigenvalue weighted by Crippen LogP contribution is 2.20. The Bertz CT molecular complexity index is 476. The third kappa shape index (κ3) is 3.37. The Hall–Kier alpha value is -1.31. The van der Waals surface area contributed by atoms with Crippen molar-refractivity contribution in [2.45, 2.75) is 45.2 Å². The zero-order valence-corrected chi connectivity index (χ0v) is 12.1. The molecule has 0 saturated heterocycles. The second-order valence-corrected chi connectivity index (χ2v) is 5.32. The fraction of sp³-hybridized carbons (Fsp3) is 0.583. The first-order valence-corrected chi connectivity index (χ1v) is 7.33. The molecule has 0 aliphatic carbocycles. The van der Waals surface area contributed by atoms with Crippen LogP contribution in [0.3, 0.4) is 0 Å². The molecule has 7 heteroatoms. The molecule has 6 nitrogen and oxygen atoms in total. The van der Waals surface area contributed by atoms with Gasteiger partial charge in [-0.05, 0) is 30.4 Å². The van der Waals surface area contributed by atoms with Crippen molar-refractivity contribution in [3.05, 3.63) is 29.0 Å². The van der Waals surface area contributed by atoms with Gasteiger partial charge in [-0.15, -0.1) is 5.10 Å². The molecule has 2 heterocycles. The van der Waals surface area contributed by atoms with Crippen LogP contribution in [0, 0.1) is 0 Å². The number of nitrogens with one attached hydrogen (secondary N) is 1. The van der Waals surface area contributed by atoms with Crippen LogP contribution in [0.25, 0.3) is 0 Å². The van der Waals surface area contributed by atoms with Crippen molar-refractivity contribution < 1.29 is 0 Å². The van der Waals surface area contributed by atoms with E-state index in [2.05, 4.69) is 40.0 Å². The summed E-state index contributed by atoms with van der Waals surface area (Å²) < 4.78 is 5.91. The van der Waals surface area contributed by atoms with Crippen molar-refractivity contribution in [1.29, 1.82) is 0 Å². The van der Waals surface area contributed by atoms with Crippen molar-refractivity contribution in [1.82, 2.24) is 24.8 Å². The van der Waals surface area contributed by atoms with Crippen LogP contribution in [0.5, 0.6) is 0 Å². The van der Waals surface area contributed by atoms with Gasteiger partial charge in [0.1, 0.15) is 0 Å². The lowest BCUT2D eigenvalue weighted by Gasteiger charge is -2.13. The van der Waals surface area contributed by atoms with Gasteiger partial charge in [0, 0.05) is 12.6 Å². The molecule has 0 spiro atoms. The van der Waals surface area contributed by atoms with Crippen molar-refractivity contribution in [3.8, 4) is 0 Å². The summed E-state index contributed by atoms with van der Waals surface area (Å²) in [4.78, 5) is 1.03. The molecule has 0 aliphatic heterocycles. The van der Waals surface area contributed by atoms with Crippen molar-refractivity contribution in [2.24, 2.45) is 5.84 Å². The van der Waals surface area contributed by atoms with E-state index in [9.17, 15) is 0 Å². The summed E-state index contributed by atoms with van der Waals surface area (Å²) in [7, 11) is 0. The Morgan fingerprint density at radius 3 is 2.79 bits per heavy atom. The highest BCUT2D eigenvalue weighted by atomic mass is 32.1. The summed E-state index contributed by atoms with van der Waals surface area (Å²) in [5.41, 5.74) is 3.83. The van der Waals surface area contributed by atoms with Gasteiger partial charge < -0.3 is 0 Å². The maximum absolute atomic E-state index is 5.60. The third-order valence-electron chi connectivity index (χ3n) is 3.32. The van der Waals surface area contributed by atoms with Gasteiger partial charge in [-0.3, -0.25) is 16.0 Å². The molecule has 19 heavy (non-hydrogen) atoms. The predicted molar refractivity (Wildman–Crippen MR) is 75.5 cm³/mol. The molecule has 1 unspecified atom stereocenters. The lowest BCUT2D eigenvalue weighted by Crippen LogP contribution is -2.29. The Balaban J connectivity index is 2.06. The molecule has 0 fully saturated rings. The van der Waals surface area contributed by atoms with Crippen LogP contribution in [0.15, 0.2) is 18.5 Å². The van der Waals surface area contributed by atoms with E-state index in [1.54, 1.807) is 6.20 Å². The van der Waals surface area contributed by atoms with Crippen LogP contribution in [0.1, 0.15) is 49.3 Å². The monoisotopic (exact) mass is 280 g/mol. The van der Waals surface area contributed by atoms with E-state index < -0.39 is 0 Å². The summed E-state index contributed by atoms with van der Waals surface area (Å²) in [6.45, 7) is 4.37. The smallest absolute Gasteiger partial charge is 0.0670 e. The summed E-state index contributed by atoms with van der Waals surface area (Å²) >= 11 is 1.36. The fourth-order valence-electron chi connectivity index (χ4n) is 2.13. The van der Waals surface area contributed by atoms with E-state index in [1.807, 2.05) is 10.9 Å². The van der Waals surface area contributed by atoms with Crippen molar-refractivity contribution in [2.75, 3.05) is 0 Å². The van der Waals surface area contributed by atoms with E-state index in [0.29, 0.717) is 6.04 Å². The number of aromatic nitrogens is 4. The second kappa shape index (κ2) is 6.74. The first-order chi connectivity index (χ1) is 9.28. The Morgan fingerprint density at radius 1 is 1.42 bits per heavy atom. The molecular weight excluding hydrogens is 260 g/mol. The molecule has 0 saturated carbocycles. The van der Waals surface area contributed by atoms with Gasteiger partial charge in [-0.25, -0.2) is 0 Å². The van der Waals surface area contributed by atoms with E-state index in [4.69, 9.17) is 5.84 Å². The number of hydrogen-bond donors (Lipinski definition) is 2. The quantitative estimate of drug-likeness (QED) is 0.597. The Morgan fingerprint density at radius 2 is 2.21 bits per heavy atom. The minimum absolute atomic E-state index is 0.0186. The SMILES string of the molecule is CCC(CC)n1ccc(CC(NN)c2cnns2)n1. The topological polar surface area (TPSA) is 81.7 Å². The molecule has 0 aromatic carbocycles. The molecule has 0 aliphatic rings. The molecule has 2 aromatic heterocycles. The number of hydrogen-bond acceptors (Lipinski definition) is 6. The lowest BCUT2D eigenvalue weighted by atomic mass is 10.1. The minimum atomic E-state index is 0.0186.